The van der Waals surface area contributed by atoms with Gasteiger partial charge in [-0.2, -0.15) is 0 Å². The first-order valence-corrected chi connectivity index (χ1v) is 2.45. The SMILES string of the molecule is COCC1OC1=S. The fourth-order valence-corrected chi connectivity index (χ4v) is 0.544. The molecular weight excluding hydrogens is 112 g/mol. The third-order valence-corrected chi connectivity index (χ3v) is 1.14. The molecule has 3 heteroatoms. The molecular formula is C4H6O2S. The van der Waals surface area contributed by atoms with Crippen molar-refractivity contribution >= 4 is 17.3 Å². The van der Waals surface area contributed by atoms with Crippen LogP contribution >= 0.6 is 12.2 Å². The highest BCUT2D eigenvalue weighted by atomic mass is 32.1. The van der Waals surface area contributed by atoms with E-state index in [1.54, 1.807) is 7.11 Å². The molecule has 2 nitrogen and oxygen atoms in total. The Kier molecular flexibility index (Phi) is 1.25. The summed E-state index contributed by atoms with van der Waals surface area (Å²) in [6.45, 7) is 0.610. The highest BCUT2D eigenvalue weighted by Crippen LogP contribution is 2.13. The molecule has 0 radical (unpaired) electrons. The summed E-state index contributed by atoms with van der Waals surface area (Å²) in [5.74, 6) is 0. The molecule has 0 saturated carbocycles. The molecule has 7 heavy (non-hydrogen) atoms. The fraction of sp³-hybridized carbons (Fsp3) is 0.750. The van der Waals surface area contributed by atoms with Crippen LogP contribution in [0.1, 0.15) is 0 Å². The van der Waals surface area contributed by atoms with Crippen molar-refractivity contribution in [2.75, 3.05) is 13.7 Å². The lowest BCUT2D eigenvalue weighted by Crippen LogP contribution is -1.96. The van der Waals surface area contributed by atoms with Crippen molar-refractivity contribution in [3.05, 3.63) is 0 Å². The molecule has 0 spiro atoms. The van der Waals surface area contributed by atoms with E-state index in [9.17, 15) is 0 Å². The molecule has 1 aliphatic rings. The summed E-state index contributed by atoms with van der Waals surface area (Å²) < 4.78 is 9.49. The summed E-state index contributed by atoms with van der Waals surface area (Å²) >= 11 is 4.63. The lowest BCUT2D eigenvalue weighted by molar-refractivity contribution is 0.171. The first-order chi connectivity index (χ1) is 3.34. The highest BCUT2D eigenvalue weighted by molar-refractivity contribution is 7.80. The Morgan fingerprint density at radius 3 is 2.71 bits per heavy atom. The third kappa shape index (κ3) is 1.11. The van der Waals surface area contributed by atoms with Crippen molar-refractivity contribution in [3.63, 3.8) is 0 Å². The Balaban J connectivity index is 2.09. The Morgan fingerprint density at radius 1 is 2.00 bits per heavy atom. The van der Waals surface area contributed by atoms with Gasteiger partial charge < -0.3 is 9.47 Å². The molecule has 0 aliphatic carbocycles. The van der Waals surface area contributed by atoms with Crippen molar-refractivity contribution in [1.82, 2.24) is 0 Å². The van der Waals surface area contributed by atoms with Gasteiger partial charge in [-0.3, -0.25) is 0 Å². The molecule has 0 bridgehead atoms. The minimum absolute atomic E-state index is 0.125. The first-order valence-electron chi connectivity index (χ1n) is 2.04. The number of methoxy groups -OCH3 is 1. The molecule has 0 aromatic carbocycles. The highest BCUT2D eigenvalue weighted by Gasteiger charge is 2.32. The molecule has 1 aliphatic heterocycles. The Labute approximate surface area is 47.4 Å². The summed E-state index contributed by atoms with van der Waals surface area (Å²) in [6, 6.07) is 0. The Bertz CT molecular complexity index is 91.7. The molecule has 0 N–H and O–H groups in total. The number of thiocarbonyl (C=S) groups is 1. The van der Waals surface area contributed by atoms with E-state index >= 15 is 0 Å². The normalized spacial score (nSPS) is 27.0. The van der Waals surface area contributed by atoms with Crippen LogP contribution in [0.3, 0.4) is 0 Å². The van der Waals surface area contributed by atoms with E-state index in [0.717, 1.165) is 0 Å². The zero-order chi connectivity index (χ0) is 5.28. The van der Waals surface area contributed by atoms with E-state index in [-0.39, 0.29) is 6.10 Å². The first kappa shape index (κ1) is 5.00. The molecule has 0 aromatic heterocycles. The maximum atomic E-state index is 4.76. The smallest absolute Gasteiger partial charge is 0.204 e. The molecule has 0 amide bonds. The van der Waals surface area contributed by atoms with Gasteiger partial charge in [-0.05, 0) is 12.2 Å². The van der Waals surface area contributed by atoms with Gasteiger partial charge in [0.15, 0.2) is 6.10 Å². The zero-order valence-electron chi connectivity index (χ0n) is 4.01. The molecule has 1 unspecified atom stereocenters. The van der Waals surface area contributed by atoms with Gasteiger partial charge in [0.2, 0.25) is 5.05 Å². The van der Waals surface area contributed by atoms with Gasteiger partial charge in [-0.15, -0.1) is 0 Å². The van der Waals surface area contributed by atoms with Crippen molar-refractivity contribution < 1.29 is 9.47 Å². The zero-order valence-corrected chi connectivity index (χ0v) is 4.83. The van der Waals surface area contributed by atoms with Gasteiger partial charge in [0.25, 0.3) is 0 Å². The Hall–Kier alpha value is -0.150. The summed E-state index contributed by atoms with van der Waals surface area (Å²) in [5, 5.41) is 0.682. The molecule has 1 rings (SSSR count). The predicted octanol–water partition coefficient (Wildman–Crippen LogP) is 0.359. The van der Waals surface area contributed by atoms with Gasteiger partial charge in [-0.1, -0.05) is 0 Å². The maximum absolute atomic E-state index is 4.76. The number of hydrogen-bond donors (Lipinski definition) is 0. The number of epoxide rings is 1. The second kappa shape index (κ2) is 1.76. The van der Waals surface area contributed by atoms with Crippen LogP contribution in [0.25, 0.3) is 0 Å². The molecule has 1 fully saturated rings. The largest absolute Gasteiger partial charge is 0.469 e. The van der Waals surface area contributed by atoms with Gasteiger partial charge in [-0.25, -0.2) is 0 Å². The van der Waals surface area contributed by atoms with Crippen LogP contribution < -0.4 is 0 Å². The van der Waals surface area contributed by atoms with E-state index in [1.807, 2.05) is 0 Å². The second-order valence-electron chi connectivity index (χ2n) is 1.38. The third-order valence-electron chi connectivity index (χ3n) is 0.782. The standard InChI is InChI=1S/C4H6O2S/c1-5-2-3-4(7)6-3/h3H,2H2,1H3. The number of ether oxygens (including phenoxy) is 2. The lowest BCUT2D eigenvalue weighted by atomic mass is 10.5. The predicted molar refractivity (Wildman–Crippen MR) is 29.3 cm³/mol. The van der Waals surface area contributed by atoms with Gasteiger partial charge in [0.05, 0.1) is 6.61 Å². The van der Waals surface area contributed by atoms with E-state index in [2.05, 4.69) is 12.2 Å². The molecule has 1 saturated heterocycles. The van der Waals surface area contributed by atoms with Crippen LogP contribution in [0, 0.1) is 0 Å². The van der Waals surface area contributed by atoms with E-state index in [1.165, 1.54) is 0 Å². The van der Waals surface area contributed by atoms with Gasteiger partial charge in [0.1, 0.15) is 0 Å². The van der Waals surface area contributed by atoms with Crippen LogP contribution in [0.4, 0.5) is 0 Å². The maximum Gasteiger partial charge on any atom is 0.204 e. The molecule has 1 atom stereocenters. The van der Waals surface area contributed by atoms with Gasteiger partial charge >= 0.3 is 0 Å². The monoisotopic (exact) mass is 118 g/mol. The molecule has 40 valence electrons. The van der Waals surface area contributed by atoms with E-state index < -0.39 is 0 Å². The average molecular weight is 118 g/mol. The van der Waals surface area contributed by atoms with Crippen molar-refractivity contribution in [2.45, 2.75) is 6.10 Å². The minimum atomic E-state index is 0.125. The number of hydrogen-bond acceptors (Lipinski definition) is 3. The second-order valence-corrected chi connectivity index (χ2v) is 1.78. The van der Waals surface area contributed by atoms with Gasteiger partial charge in [0, 0.05) is 7.11 Å². The van der Waals surface area contributed by atoms with Crippen LogP contribution in [-0.2, 0) is 9.47 Å². The number of rotatable bonds is 2. The van der Waals surface area contributed by atoms with Crippen molar-refractivity contribution in [3.8, 4) is 0 Å². The van der Waals surface area contributed by atoms with Crippen molar-refractivity contribution in [1.29, 1.82) is 0 Å². The topological polar surface area (TPSA) is 21.8 Å². The van der Waals surface area contributed by atoms with Crippen LogP contribution in [0.15, 0.2) is 0 Å². The van der Waals surface area contributed by atoms with Crippen LogP contribution in [-0.4, -0.2) is 24.9 Å². The van der Waals surface area contributed by atoms with Crippen molar-refractivity contribution in [2.24, 2.45) is 0 Å². The summed E-state index contributed by atoms with van der Waals surface area (Å²) in [7, 11) is 1.63. The minimum Gasteiger partial charge on any atom is -0.469 e. The lowest BCUT2D eigenvalue weighted by Gasteiger charge is -1.83. The molecule has 1 heterocycles. The summed E-state index contributed by atoms with van der Waals surface area (Å²) in [4.78, 5) is 0. The Morgan fingerprint density at radius 2 is 2.57 bits per heavy atom. The fourth-order valence-electron chi connectivity index (χ4n) is 0.360. The quantitative estimate of drug-likeness (QED) is 0.386. The van der Waals surface area contributed by atoms with E-state index in [0.29, 0.717) is 11.7 Å². The summed E-state index contributed by atoms with van der Waals surface area (Å²) in [5.41, 5.74) is 0. The summed E-state index contributed by atoms with van der Waals surface area (Å²) in [6.07, 6.45) is 0.125. The van der Waals surface area contributed by atoms with Crippen LogP contribution in [0.2, 0.25) is 0 Å². The van der Waals surface area contributed by atoms with E-state index in [4.69, 9.17) is 9.47 Å². The van der Waals surface area contributed by atoms with Crippen LogP contribution in [0.5, 0.6) is 0 Å². The molecule has 0 aromatic rings. The average Bonchev–Trinajstić information content (AvgIpc) is 2.22.